The van der Waals surface area contributed by atoms with Gasteiger partial charge in [-0.1, -0.05) is 35.9 Å². The molecule has 13 heavy (non-hydrogen) atoms. The first-order valence-electron chi connectivity index (χ1n) is 4.57. The van der Waals surface area contributed by atoms with Crippen molar-refractivity contribution in [2.75, 3.05) is 14.1 Å². The molecule has 0 aliphatic carbocycles. The van der Waals surface area contributed by atoms with Crippen LogP contribution < -0.4 is 0 Å². The second-order valence-corrected chi connectivity index (χ2v) is 3.54. The van der Waals surface area contributed by atoms with Crippen molar-refractivity contribution in [2.24, 2.45) is 0 Å². The Morgan fingerprint density at radius 2 is 1.77 bits per heavy atom. The summed E-state index contributed by atoms with van der Waals surface area (Å²) in [5.41, 5.74) is 2.68. The van der Waals surface area contributed by atoms with Crippen molar-refractivity contribution < 1.29 is 0 Å². The van der Waals surface area contributed by atoms with E-state index in [4.69, 9.17) is 0 Å². The fourth-order valence-corrected chi connectivity index (χ4v) is 1.12. The number of hydrogen-bond donors (Lipinski definition) is 0. The highest BCUT2D eigenvalue weighted by Crippen LogP contribution is 2.04. The molecule has 0 amide bonds. The van der Waals surface area contributed by atoms with Crippen molar-refractivity contribution in [3.8, 4) is 0 Å². The van der Waals surface area contributed by atoms with Crippen LogP contribution in [0.1, 0.15) is 11.1 Å². The fraction of sp³-hybridized carbons (Fsp3) is 0.333. The van der Waals surface area contributed by atoms with E-state index in [0.717, 1.165) is 6.42 Å². The molecule has 1 aromatic carbocycles. The summed E-state index contributed by atoms with van der Waals surface area (Å²) in [6.07, 6.45) is 5.27. The van der Waals surface area contributed by atoms with E-state index in [2.05, 4.69) is 43.5 Å². The van der Waals surface area contributed by atoms with E-state index >= 15 is 0 Å². The van der Waals surface area contributed by atoms with Crippen molar-refractivity contribution in [1.82, 2.24) is 4.90 Å². The molecular weight excluding hydrogens is 158 g/mol. The van der Waals surface area contributed by atoms with Crippen LogP contribution in [0.3, 0.4) is 0 Å². The van der Waals surface area contributed by atoms with E-state index in [1.54, 1.807) is 0 Å². The van der Waals surface area contributed by atoms with Gasteiger partial charge in [0.25, 0.3) is 0 Å². The van der Waals surface area contributed by atoms with Gasteiger partial charge in [-0.2, -0.15) is 0 Å². The standard InChI is InChI=1S/C12H17N/c1-11-6-8-12(9-7-11)5-4-10-13(2)3/h4,6-10H,5H2,1-3H3/b10-4+. The Balaban J connectivity index is 2.50. The smallest absolute Gasteiger partial charge is 0.00555 e. The molecular formula is C12H17N. The topological polar surface area (TPSA) is 3.24 Å². The predicted octanol–water partition coefficient (Wildman–Crippen LogP) is 2.61. The molecule has 0 aliphatic rings. The molecule has 0 saturated heterocycles. The first-order valence-corrected chi connectivity index (χ1v) is 4.57. The summed E-state index contributed by atoms with van der Waals surface area (Å²) in [6.45, 7) is 2.11. The Hall–Kier alpha value is -1.24. The minimum Gasteiger partial charge on any atom is -0.384 e. The monoisotopic (exact) mass is 175 g/mol. The summed E-state index contributed by atoms with van der Waals surface area (Å²) in [5.74, 6) is 0. The highest BCUT2D eigenvalue weighted by Gasteiger charge is 1.88. The van der Waals surface area contributed by atoms with Gasteiger partial charge in [0.1, 0.15) is 0 Å². The first kappa shape index (κ1) is 9.85. The maximum absolute atomic E-state index is 2.18. The second-order valence-electron chi connectivity index (χ2n) is 3.54. The van der Waals surface area contributed by atoms with E-state index in [1.165, 1.54) is 11.1 Å². The van der Waals surface area contributed by atoms with Crippen molar-refractivity contribution in [3.05, 3.63) is 47.7 Å². The average molecular weight is 175 g/mol. The number of aryl methyl sites for hydroxylation is 1. The third-order valence-corrected chi connectivity index (χ3v) is 1.88. The zero-order valence-electron chi connectivity index (χ0n) is 8.62. The van der Waals surface area contributed by atoms with Crippen LogP contribution in [0.4, 0.5) is 0 Å². The Bertz CT molecular complexity index is 270. The van der Waals surface area contributed by atoms with Crippen LogP contribution in [-0.2, 0) is 6.42 Å². The second kappa shape index (κ2) is 4.70. The molecule has 0 saturated carbocycles. The first-order chi connectivity index (χ1) is 6.18. The lowest BCUT2D eigenvalue weighted by Crippen LogP contribution is -2.00. The van der Waals surface area contributed by atoms with Gasteiger partial charge in [-0.05, 0) is 25.1 Å². The van der Waals surface area contributed by atoms with E-state index in [0.29, 0.717) is 0 Å². The fourth-order valence-electron chi connectivity index (χ4n) is 1.12. The highest BCUT2D eigenvalue weighted by molar-refractivity contribution is 5.22. The third kappa shape index (κ3) is 3.79. The van der Waals surface area contributed by atoms with Gasteiger partial charge < -0.3 is 4.90 Å². The molecule has 1 rings (SSSR count). The molecule has 0 unspecified atom stereocenters. The summed E-state index contributed by atoms with van der Waals surface area (Å²) in [5, 5.41) is 0. The minimum absolute atomic E-state index is 1.01. The summed E-state index contributed by atoms with van der Waals surface area (Å²) >= 11 is 0. The number of rotatable bonds is 3. The van der Waals surface area contributed by atoms with Crippen LogP contribution in [0.15, 0.2) is 36.5 Å². The highest BCUT2D eigenvalue weighted by atomic mass is 15.0. The third-order valence-electron chi connectivity index (χ3n) is 1.88. The van der Waals surface area contributed by atoms with Crippen molar-refractivity contribution in [2.45, 2.75) is 13.3 Å². The summed E-state index contributed by atoms with van der Waals surface area (Å²) in [6, 6.07) is 8.66. The van der Waals surface area contributed by atoms with Crippen LogP contribution in [-0.4, -0.2) is 19.0 Å². The molecule has 1 heteroatoms. The maximum Gasteiger partial charge on any atom is 0.00555 e. The molecule has 70 valence electrons. The van der Waals surface area contributed by atoms with Crippen LogP contribution in [0.25, 0.3) is 0 Å². The van der Waals surface area contributed by atoms with Gasteiger partial charge in [-0.3, -0.25) is 0 Å². The van der Waals surface area contributed by atoms with Crippen LogP contribution in [0, 0.1) is 6.92 Å². The molecule has 0 heterocycles. The van der Waals surface area contributed by atoms with Gasteiger partial charge in [-0.15, -0.1) is 0 Å². The van der Waals surface area contributed by atoms with E-state index < -0.39 is 0 Å². The Kier molecular flexibility index (Phi) is 3.56. The molecule has 0 atom stereocenters. The SMILES string of the molecule is Cc1ccc(C/C=C/N(C)C)cc1. The molecule has 0 aromatic heterocycles. The van der Waals surface area contributed by atoms with Gasteiger partial charge >= 0.3 is 0 Å². The largest absolute Gasteiger partial charge is 0.384 e. The molecule has 1 aromatic rings. The number of allylic oxidation sites excluding steroid dienone is 1. The van der Waals surface area contributed by atoms with Gasteiger partial charge in [0.15, 0.2) is 0 Å². The molecule has 0 N–H and O–H groups in total. The van der Waals surface area contributed by atoms with Gasteiger partial charge in [0, 0.05) is 14.1 Å². The summed E-state index contributed by atoms with van der Waals surface area (Å²) < 4.78 is 0. The quantitative estimate of drug-likeness (QED) is 0.682. The molecule has 0 fully saturated rings. The summed E-state index contributed by atoms with van der Waals surface area (Å²) in [7, 11) is 4.07. The van der Waals surface area contributed by atoms with Gasteiger partial charge in [-0.25, -0.2) is 0 Å². The molecule has 1 nitrogen and oxygen atoms in total. The maximum atomic E-state index is 2.18. The van der Waals surface area contributed by atoms with Crippen molar-refractivity contribution >= 4 is 0 Å². The minimum atomic E-state index is 1.01. The Morgan fingerprint density at radius 3 is 2.31 bits per heavy atom. The Morgan fingerprint density at radius 1 is 1.15 bits per heavy atom. The number of hydrogen-bond acceptors (Lipinski definition) is 1. The molecule has 0 spiro atoms. The molecule has 0 bridgehead atoms. The van der Waals surface area contributed by atoms with Crippen LogP contribution in [0.5, 0.6) is 0 Å². The van der Waals surface area contributed by atoms with Crippen LogP contribution >= 0.6 is 0 Å². The van der Waals surface area contributed by atoms with E-state index in [9.17, 15) is 0 Å². The predicted molar refractivity (Wildman–Crippen MR) is 57.7 cm³/mol. The normalized spacial score (nSPS) is 10.7. The zero-order valence-corrected chi connectivity index (χ0v) is 8.62. The zero-order chi connectivity index (χ0) is 9.68. The van der Waals surface area contributed by atoms with E-state index in [-0.39, 0.29) is 0 Å². The lowest BCUT2D eigenvalue weighted by molar-refractivity contribution is 0.562. The van der Waals surface area contributed by atoms with Gasteiger partial charge in [0.05, 0.1) is 0 Å². The van der Waals surface area contributed by atoms with Crippen LogP contribution in [0.2, 0.25) is 0 Å². The lowest BCUT2D eigenvalue weighted by atomic mass is 10.1. The lowest BCUT2D eigenvalue weighted by Gasteiger charge is -2.03. The van der Waals surface area contributed by atoms with Crippen molar-refractivity contribution in [1.29, 1.82) is 0 Å². The number of nitrogens with zero attached hydrogens (tertiary/aromatic N) is 1. The molecule has 0 aliphatic heterocycles. The average Bonchev–Trinajstić information content (AvgIpc) is 2.08. The van der Waals surface area contributed by atoms with Gasteiger partial charge in [0.2, 0.25) is 0 Å². The van der Waals surface area contributed by atoms with Crippen molar-refractivity contribution in [3.63, 3.8) is 0 Å². The number of benzene rings is 1. The Labute approximate surface area is 80.7 Å². The summed E-state index contributed by atoms with van der Waals surface area (Å²) in [4.78, 5) is 2.05. The van der Waals surface area contributed by atoms with E-state index in [1.807, 2.05) is 19.0 Å². The molecule has 0 radical (unpaired) electrons.